The average molecular weight is 232 g/mol. The Labute approximate surface area is 94.8 Å². The Kier molecular flexibility index (Phi) is 2.77. The third kappa shape index (κ3) is 2.43. The molecule has 0 fully saturated rings. The van der Waals surface area contributed by atoms with E-state index in [1.807, 2.05) is 0 Å². The molecule has 0 saturated heterocycles. The summed E-state index contributed by atoms with van der Waals surface area (Å²) in [6.07, 6.45) is 2.57. The first-order valence-corrected chi connectivity index (χ1v) is 4.52. The standard InChI is InChI=1S/C9H7N5O3/c15-8-2-1-7(14(16)17)3-6(8)4-10-9-5-11-13-12-9/h1-5,15H,(H,11,12,13)/p-1. The molecular weight excluding hydrogens is 226 g/mol. The van der Waals surface area contributed by atoms with E-state index < -0.39 is 4.92 Å². The van der Waals surface area contributed by atoms with Crippen molar-refractivity contribution in [2.45, 2.75) is 0 Å². The summed E-state index contributed by atoms with van der Waals surface area (Å²) in [7, 11) is 0. The fourth-order valence-corrected chi connectivity index (χ4v) is 1.14. The van der Waals surface area contributed by atoms with Crippen LogP contribution in [0.1, 0.15) is 5.56 Å². The molecule has 0 saturated carbocycles. The predicted molar refractivity (Wildman–Crippen MR) is 56.2 cm³/mol. The number of nitro benzene ring substituents is 1. The smallest absolute Gasteiger partial charge is 0.270 e. The maximum atomic E-state index is 11.4. The van der Waals surface area contributed by atoms with Gasteiger partial charge < -0.3 is 5.11 Å². The molecule has 1 aromatic carbocycles. The van der Waals surface area contributed by atoms with Gasteiger partial charge in [0.05, 0.1) is 11.1 Å². The topological polar surface area (TPSA) is 120 Å². The van der Waals surface area contributed by atoms with E-state index in [-0.39, 0.29) is 22.8 Å². The highest BCUT2D eigenvalue weighted by Crippen LogP contribution is 2.19. The van der Waals surface area contributed by atoms with Crippen molar-refractivity contribution in [3.05, 3.63) is 40.1 Å². The van der Waals surface area contributed by atoms with Crippen LogP contribution in [0.2, 0.25) is 0 Å². The van der Waals surface area contributed by atoms with E-state index >= 15 is 0 Å². The van der Waals surface area contributed by atoms with Crippen LogP contribution in [0.25, 0.3) is 0 Å². The molecule has 17 heavy (non-hydrogen) atoms. The highest BCUT2D eigenvalue weighted by Gasteiger charge is 2.05. The number of non-ortho nitro benzene ring substituents is 1. The quantitative estimate of drug-likeness (QED) is 0.470. The molecule has 86 valence electrons. The van der Waals surface area contributed by atoms with E-state index in [0.717, 1.165) is 18.2 Å². The van der Waals surface area contributed by atoms with E-state index in [9.17, 15) is 15.2 Å². The summed E-state index contributed by atoms with van der Waals surface area (Å²) in [4.78, 5) is 13.8. The zero-order valence-electron chi connectivity index (χ0n) is 8.40. The highest BCUT2D eigenvalue weighted by atomic mass is 16.6. The number of hydrogen-bond acceptors (Lipinski definition) is 6. The van der Waals surface area contributed by atoms with Gasteiger partial charge in [-0.25, -0.2) is 4.99 Å². The molecule has 0 unspecified atom stereocenters. The Bertz CT molecular complexity index is 564. The lowest BCUT2D eigenvalue weighted by Gasteiger charge is -2.07. The van der Waals surface area contributed by atoms with Crippen LogP contribution in [0.4, 0.5) is 11.5 Å². The molecule has 0 aliphatic rings. The van der Waals surface area contributed by atoms with E-state index in [1.165, 1.54) is 12.4 Å². The molecule has 0 spiro atoms. The summed E-state index contributed by atoms with van der Waals surface area (Å²) in [5, 5.41) is 31.5. The van der Waals surface area contributed by atoms with Gasteiger partial charge in [-0.2, -0.15) is 10.3 Å². The van der Waals surface area contributed by atoms with E-state index in [2.05, 4.69) is 20.4 Å². The minimum Gasteiger partial charge on any atom is -0.872 e. The predicted octanol–water partition coefficient (Wildman–Crippen LogP) is 0.537. The van der Waals surface area contributed by atoms with Crippen molar-refractivity contribution < 1.29 is 10.0 Å². The van der Waals surface area contributed by atoms with Gasteiger partial charge in [0.25, 0.3) is 5.69 Å². The van der Waals surface area contributed by atoms with Crippen molar-refractivity contribution in [1.82, 2.24) is 15.4 Å². The molecule has 2 aromatic rings. The maximum Gasteiger partial charge on any atom is 0.270 e. The van der Waals surface area contributed by atoms with E-state index in [1.54, 1.807) is 0 Å². The Morgan fingerprint density at radius 3 is 2.94 bits per heavy atom. The van der Waals surface area contributed by atoms with Crippen LogP contribution in [0, 0.1) is 10.1 Å². The number of benzene rings is 1. The molecule has 0 atom stereocenters. The minimum absolute atomic E-state index is 0.127. The summed E-state index contributed by atoms with van der Waals surface area (Å²) in [6, 6.07) is 3.43. The van der Waals surface area contributed by atoms with Gasteiger partial charge in [-0.3, -0.25) is 10.1 Å². The number of nitro groups is 1. The van der Waals surface area contributed by atoms with Crippen molar-refractivity contribution in [2.75, 3.05) is 0 Å². The third-order valence-electron chi connectivity index (χ3n) is 1.94. The van der Waals surface area contributed by atoms with Gasteiger partial charge in [0.2, 0.25) is 0 Å². The summed E-state index contributed by atoms with van der Waals surface area (Å²) < 4.78 is 0. The van der Waals surface area contributed by atoms with Crippen molar-refractivity contribution >= 4 is 17.7 Å². The lowest BCUT2D eigenvalue weighted by atomic mass is 10.2. The number of nitrogens with zero attached hydrogens (tertiary/aromatic N) is 4. The molecule has 0 amide bonds. The Balaban J connectivity index is 2.31. The summed E-state index contributed by atoms with van der Waals surface area (Å²) in [5.41, 5.74) is -0.0339. The molecule has 8 nitrogen and oxygen atoms in total. The first kappa shape index (κ1) is 10.7. The van der Waals surface area contributed by atoms with Gasteiger partial charge in [-0.15, -0.1) is 5.10 Å². The third-order valence-corrected chi connectivity index (χ3v) is 1.94. The molecule has 2 rings (SSSR count). The second-order valence-corrected chi connectivity index (χ2v) is 3.07. The van der Waals surface area contributed by atoms with Crippen LogP contribution in [0.3, 0.4) is 0 Å². The number of aliphatic imine (C=N–C) groups is 1. The van der Waals surface area contributed by atoms with Gasteiger partial charge in [-0.1, -0.05) is 11.8 Å². The Morgan fingerprint density at radius 2 is 2.29 bits per heavy atom. The molecular formula is C9H6N5O3-. The minimum atomic E-state index is -0.577. The van der Waals surface area contributed by atoms with Gasteiger partial charge in [0, 0.05) is 18.3 Å². The number of H-pyrrole nitrogens is 1. The SMILES string of the molecule is O=[N+]([O-])c1ccc([O-])c(C=Nc2cn[nH]n2)c1. The molecule has 1 heterocycles. The molecule has 0 bridgehead atoms. The van der Waals surface area contributed by atoms with Crippen molar-refractivity contribution in [3.63, 3.8) is 0 Å². The first-order chi connectivity index (χ1) is 8.16. The fourth-order valence-electron chi connectivity index (χ4n) is 1.14. The maximum absolute atomic E-state index is 11.4. The molecule has 0 aliphatic heterocycles. The zero-order chi connectivity index (χ0) is 12.3. The van der Waals surface area contributed by atoms with Crippen LogP contribution in [-0.4, -0.2) is 26.5 Å². The zero-order valence-corrected chi connectivity index (χ0v) is 8.40. The number of rotatable bonds is 3. The van der Waals surface area contributed by atoms with Crippen LogP contribution < -0.4 is 5.11 Å². The Hall–Kier alpha value is -2.77. The van der Waals surface area contributed by atoms with E-state index in [0.29, 0.717) is 0 Å². The van der Waals surface area contributed by atoms with Crippen LogP contribution in [0.15, 0.2) is 29.4 Å². The summed E-state index contributed by atoms with van der Waals surface area (Å²) in [6.45, 7) is 0. The van der Waals surface area contributed by atoms with Gasteiger partial charge in [0.15, 0.2) is 5.82 Å². The van der Waals surface area contributed by atoms with Gasteiger partial charge >= 0.3 is 0 Å². The van der Waals surface area contributed by atoms with Crippen molar-refractivity contribution in [3.8, 4) is 5.75 Å². The lowest BCUT2D eigenvalue weighted by molar-refractivity contribution is -0.385. The largest absolute Gasteiger partial charge is 0.872 e. The molecule has 0 radical (unpaired) electrons. The molecule has 0 aliphatic carbocycles. The van der Waals surface area contributed by atoms with Crippen LogP contribution in [-0.2, 0) is 0 Å². The molecule has 8 heteroatoms. The monoisotopic (exact) mass is 232 g/mol. The number of aromatic nitrogens is 3. The number of hydrogen-bond donors (Lipinski definition) is 1. The van der Waals surface area contributed by atoms with Crippen LogP contribution >= 0.6 is 0 Å². The summed E-state index contributed by atoms with van der Waals surface area (Å²) in [5.74, 6) is -0.0567. The van der Waals surface area contributed by atoms with Crippen molar-refractivity contribution in [2.24, 2.45) is 4.99 Å². The molecule has 1 aromatic heterocycles. The number of aromatic amines is 1. The van der Waals surface area contributed by atoms with E-state index in [4.69, 9.17) is 0 Å². The second kappa shape index (κ2) is 4.39. The fraction of sp³-hybridized carbons (Fsp3) is 0. The second-order valence-electron chi connectivity index (χ2n) is 3.07. The van der Waals surface area contributed by atoms with Gasteiger partial charge in [-0.05, 0) is 5.56 Å². The Morgan fingerprint density at radius 1 is 1.47 bits per heavy atom. The lowest BCUT2D eigenvalue weighted by Crippen LogP contribution is -1.98. The number of nitrogens with one attached hydrogen (secondary N) is 1. The normalized spacial score (nSPS) is 10.8. The first-order valence-electron chi connectivity index (χ1n) is 4.52. The highest BCUT2D eigenvalue weighted by molar-refractivity contribution is 5.85. The van der Waals surface area contributed by atoms with Crippen molar-refractivity contribution in [1.29, 1.82) is 0 Å². The summed E-state index contributed by atoms with van der Waals surface area (Å²) >= 11 is 0. The van der Waals surface area contributed by atoms with Gasteiger partial charge in [0.1, 0.15) is 0 Å². The average Bonchev–Trinajstić information content (AvgIpc) is 2.80. The van der Waals surface area contributed by atoms with Crippen LogP contribution in [0.5, 0.6) is 5.75 Å². The molecule has 1 N–H and O–H groups in total.